The number of rotatable bonds is 7. The first-order valence-electron chi connectivity index (χ1n) is 9.99. The van der Waals surface area contributed by atoms with E-state index in [0.29, 0.717) is 11.0 Å². The molecule has 0 saturated heterocycles. The summed E-state index contributed by atoms with van der Waals surface area (Å²) >= 11 is 1.29. The molecule has 0 atom stereocenters. The third-order valence-corrected chi connectivity index (χ3v) is 6.13. The summed E-state index contributed by atoms with van der Waals surface area (Å²) in [6.45, 7) is 7.97. The number of aryl methyl sites for hydroxylation is 4. The summed E-state index contributed by atoms with van der Waals surface area (Å²) in [6.07, 6.45) is 0.103. The molecule has 2 aromatic carbocycles. The first-order valence-corrected chi connectivity index (χ1v) is 11.0. The fraction of sp³-hybridized carbons (Fsp3) is 0.304. The molecular weight excluding hydrogens is 410 g/mol. The molecule has 0 bridgehead atoms. The maximum absolute atomic E-state index is 12.4. The Bertz CT molecular complexity index is 1100. The summed E-state index contributed by atoms with van der Waals surface area (Å²) in [5.41, 5.74) is 5.94. The predicted octanol–water partition coefficient (Wildman–Crippen LogP) is 3.96. The minimum atomic E-state index is -0.164. The molecule has 0 aliphatic carbocycles. The lowest BCUT2D eigenvalue weighted by molar-refractivity contribution is -0.116. The van der Waals surface area contributed by atoms with Crippen molar-refractivity contribution in [1.82, 2.24) is 14.8 Å². The van der Waals surface area contributed by atoms with Gasteiger partial charge in [-0.05, 0) is 62.1 Å². The minimum absolute atomic E-state index is 0.103. The molecule has 0 aliphatic heterocycles. The molecular formula is C23H27N5O2S. The number of para-hydroxylation sites is 1. The Balaban J connectivity index is 1.56. The number of thioether (sulfide) groups is 1. The molecule has 0 saturated carbocycles. The van der Waals surface area contributed by atoms with Crippen molar-refractivity contribution in [2.24, 2.45) is 7.05 Å². The van der Waals surface area contributed by atoms with Gasteiger partial charge in [0.05, 0.1) is 12.2 Å². The zero-order chi connectivity index (χ0) is 22.5. The van der Waals surface area contributed by atoms with Crippen molar-refractivity contribution in [3.8, 4) is 0 Å². The van der Waals surface area contributed by atoms with Gasteiger partial charge in [-0.15, -0.1) is 10.2 Å². The van der Waals surface area contributed by atoms with Crippen LogP contribution in [0.2, 0.25) is 0 Å². The number of benzene rings is 2. The van der Waals surface area contributed by atoms with Gasteiger partial charge in [-0.1, -0.05) is 36.0 Å². The fourth-order valence-electron chi connectivity index (χ4n) is 3.11. The van der Waals surface area contributed by atoms with E-state index >= 15 is 0 Å². The highest BCUT2D eigenvalue weighted by Crippen LogP contribution is 2.21. The van der Waals surface area contributed by atoms with Crippen molar-refractivity contribution in [3.05, 3.63) is 64.5 Å². The molecule has 3 aromatic rings. The third-order valence-electron chi connectivity index (χ3n) is 5.11. The van der Waals surface area contributed by atoms with Crippen LogP contribution in [0.1, 0.15) is 28.1 Å². The molecule has 162 valence electrons. The second kappa shape index (κ2) is 9.78. The molecule has 0 radical (unpaired) electrons. The quantitative estimate of drug-likeness (QED) is 0.546. The highest BCUT2D eigenvalue weighted by molar-refractivity contribution is 7.99. The van der Waals surface area contributed by atoms with E-state index in [1.807, 2.05) is 64.1 Å². The number of carbonyl (C=O) groups excluding carboxylic acids is 2. The lowest BCUT2D eigenvalue weighted by Gasteiger charge is -2.11. The van der Waals surface area contributed by atoms with Gasteiger partial charge in [0.15, 0.2) is 5.16 Å². The van der Waals surface area contributed by atoms with E-state index in [9.17, 15) is 9.59 Å². The molecule has 0 unspecified atom stereocenters. The van der Waals surface area contributed by atoms with E-state index in [4.69, 9.17) is 0 Å². The standard InChI is InChI=1S/C23H27N5O2S/c1-14-9-10-18(11-17(14)4)24-20(29)12-19-26-27-23(28(19)5)31-13-21(30)25-22-15(2)7-6-8-16(22)3/h6-11H,12-13H2,1-5H3,(H,24,29)(H,25,30). The van der Waals surface area contributed by atoms with Gasteiger partial charge in [-0.25, -0.2) is 0 Å². The zero-order valence-electron chi connectivity index (χ0n) is 18.4. The number of nitrogens with one attached hydrogen (secondary N) is 2. The Morgan fingerprint density at radius 3 is 2.29 bits per heavy atom. The van der Waals surface area contributed by atoms with Crippen LogP contribution < -0.4 is 10.6 Å². The van der Waals surface area contributed by atoms with E-state index in [0.717, 1.165) is 28.1 Å². The van der Waals surface area contributed by atoms with Crippen molar-refractivity contribution >= 4 is 35.0 Å². The van der Waals surface area contributed by atoms with Crippen molar-refractivity contribution in [2.75, 3.05) is 16.4 Å². The Morgan fingerprint density at radius 1 is 0.903 bits per heavy atom. The average molecular weight is 438 g/mol. The van der Waals surface area contributed by atoms with Crippen molar-refractivity contribution in [3.63, 3.8) is 0 Å². The molecule has 0 spiro atoms. The number of hydrogen-bond donors (Lipinski definition) is 2. The molecule has 1 heterocycles. The molecule has 3 rings (SSSR count). The Morgan fingerprint density at radius 2 is 1.61 bits per heavy atom. The molecule has 1 aromatic heterocycles. The number of aromatic nitrogens is 3. The first-order chi connectivity index (χ1) is 14.7. The molecule has 31 heavy (non-hydrogen) atoms. The lowest BCUT2D eigenvalue weighted by Crippen LogP contribution is -2.17. The van der Waals surface area contributed by atoms with Gasteiger partial charge in [0.25, 0.3) is 0 Å². The number of nitrogens with zero attached hydrogens (tertiary/aromatic N) is 3. The van der Waals surface area contributed by atoms with E-state index < -0.39 is 0 Å². The van der Waals surface area contributed by atoms with Crippen molar-refractivity contribution in [1.29, 1.82) is 0 Å². The topological polar surface area (TPSA) is 88.9 Å². The molecule has 8 heteroatoms. The van der Waals surface area contributed by atoms with Gasteiger partial charge in [0.2, 0.25) is 11.8 Å². The molecule has 2 amide bonds. The highest BCUT2D eigenvalue weighted by Gasteiger charge is 2.15. The van der Waals surface area contributed by atoms with E-state index in [1.165, 1.54) is 17.3 Å². The van der Waals surface area contributed by atoms with Gasteiger partial charge in [-0.3, -0.25) is 9.59 Å². The predicted molar refractivity (Wildman–Crippen MR) is 125 cm³/mol. The normalized spacial score (nSPS) is 10.7. The average Bonchev–Trinajstić information content (AvgIpc) is 3.05. The zero-order valence-corrected chi connectivity index (χ0v) is 19.3. The van der Waals surface area contributed by atoms with Crippen molar-refractivity contribution < 1.29 is 9.59 Å². The number of hydrogen-bond acceptors (Lipinski definition) is 5. The van der Waals surface area contributed by atoms with Crippen LogP contribution in [-0.2, 0) is 23.1 Å². The van der Waals surface area contributed by atoms with E-state index in [2.05, 4.69) is 20.8 Å². The van der Waals surface area contributed by atoms with Crippen LogP contribution in [-0.4, -0.2) is 32.3 Å². The fourth-order valence-corrected chi connectivity index (χ4v) is 3.84. The van der Waals surface area contributed by atoms with Crippen LogP contribution in [0, 0.1) is 27.7 Å². The second-order valence-electron chi connectivity index (χ2n) is 7.59. The Labute approximate surface area is 186 Å². The third kappa shape index (κ3) is 5.73. The van der Waals surface area contributed by atoms with Crippen LogP contribution in [0.3, 0.4) is 0 Å². The van der Waals surface area contributed by atoms with E-state index in [1.54, 1.807) is 11.6 Å². The smallest absolute Gasteiger partial charge is 0.234 e. The first kappa shape index (κ1) is 22.6. The van der Waals surface area contributed by atoms with Gasteiger partial charge in [0.1, 0.15) is 5.82 Å². The number of carbonyl (C=O) groups is 2. The van der Waals surface area contributed by atoms with Crippen LogP contribution in [0.15, 0.2) is 41.6 Å². The maximum Gasteiger partial charge on any atom is 0.234 e. The van der Waals surface area contributed by atoms with Crippen LogP contribution in [0.5, 0.6) is 0 Å². The van der Waals surface area contributed by atoms with Gasteiger partial charge in [-0.2, -0.15) is 0 Å². The molecule has 0 aliphatic rings. The SMILES string of the molecule is Cc1ccc(NC(=O)Cc2nnc(SCC(=O)Nc3c(C)cccc3C)n2C)cc1C. The highest BCUT2D eigenvalue weighted by atomic mass is 32.2. The van der Waals surface area contributed by atoms with Crippen LogP contribution >= 0.6 is 11.8 Å². The molecule has 2 N–H and O–H groups in total. The Hall–Kier alpha value is -3.13. The maximum atomic E-state index is 12.4. The molecule has 7 nitrogen and oxygen atoms in total. The minimum Gasteiger partial charge on any atom is -0.326 e. The summed E-state index contributed by atoms with van der Waals surface area (Å²) < 4.78 is 1.75. The summed E-state index contributed by atoms with van der Waals surface area (Å²) in [4.78, 5) is 24.8. The van der Waals surface area contributed by atoms with Gasteiger partial charge >= 0.3 is 0 Å². The monoisotopic (exact) mass is 437 g/mol. The summed E-state index contributed by atoms with van der Waals surface area (Å²) in [5.74, 6) is 0.468. The summed E-state index contributed by atoms with van der Waals surface area (Å²) in [7, 11) is 1.80. The summed E-state index contributed by atoms with van der Waals surface area (Å²) in [6, 6.07) is 11.7. The van der Waals surface area contributed by atoms with Crippen LogP contribution in [0.4, 0.5) is 11.4 Å². The van der Waals surface area contributed by atoms with Gasteiger partial charge in [0, 0.05) is 18.4 Å². The largest absolute Gasteiger partial charge is 0.326 e. The Kier molecular flexibility index (Phi) is 7.12. The summed E-state index contributed by atoms with van der Waals surface area (Å²) in [5, 5.41) is 14.7. The van der Waals surface area contributed by atoms with Crippen molar-refractivity contribution in [2.45, 2.75) is 39.3 Å². The van der Waals surface area contributed by atoms with E-state index in [-0.39, 0.29) is 24.0 Å². The number of amides is 2. The van der Waals surface area contributed by atoms with Gasteiger partial charge < -0.3 is 15.2 Å². The second-order valence-corrected chi connectivity index (χ2v) is 8.53. The lowest BCUT2D eigenvalue weighted by atomic mass is 10.1. The van der Waals surface area contributed by atoms with Crippen LogP contribution in [0.25, 0.3) is 0 Å². The molecule has 0 fully saturated rings. The number of anilines is 2.